The number of phenolic OH excluding ortho intramolecular Hbond substituents is 1. The summed E-state index contributed by atoms with van der Waals surface area (Å²) >= 11 is 0. The maximum absolute atomic E-state index is 13.3. The lowest BCUT2D eigenvalue weighted by molar-refractivity contribution is -0.135. The molecule has 0 spiro atoms. The first-order valence-electron chi connectivity index (χ1n) is 9.73. The number of benzene rings is 2. The fourth-order valence-corrected chi connectivity index (χ4v) is 4.03. The first-order valence-corrected chi connectivity index (χ1v) is 9.73. The maximum atomic E-state index is 13.3. The lowest BCUT2D eigenvalue weighted by atomic mass is 9.91. The predicted octanol–water partition coefficient (Wildman–Crippen LogP) is 1.11. The molecule has 7 N–H and O–H groups in total. The summed E-state index contributed by atoms with van der Waals surface area (Å²) in [5.74, 6) is 0.103. The van der Waals surface area contributed by atoms with Crippen LogP contribution in [0, 0.1) is 13.8 Å². The van der Waals surface area contributed by atoms with Crippen LogP contribution in [-0.4, -0.2) is 40.5 Å². The van der Waals surface area contributed by atoms with E-state index in [4.69, 9.17) is 17.2 Å². The summed E-state index contributed by atoms with van der Waals surface area (Å²) in [5.41, 5.74) is 22.5. The average molecular weight is 396 g/mol. The van der Waals surface area contributed by atoms with Crippen molar-refractivity contribution in [3.05, 3.63) is 64.2 Å². The molecule has 0 saturated carbocycles. The lowest BCUT2D eigenvalue weighted by Gasteiger charge is -2.37. The van der Waals surface area contributed by atoms with Crippen molar-refractivity contribution in [3.8, 4) is 5.75 Å². The SMILES string of the molecule is Cc1cc(O)cc(C)c1C[C@H](N)C(=O)N1Cc2ccccc2C[C@H]1CN=C(N)N. The van der Waals surface area contributed by atoms with Gasteiger partial charge in [0.25, 0.3) is 0 Å². The number of aliphatic imine (C=N–C) groups is 1. The summed E-state index contributed by atoms with van der Waals surface area (Å²) in [5, 5.41) is 9.76. The maximum Gasteiger partial charge on any atom is 0.240 e. The van der Waals surface area contributed by atoms with E-state index in [0.29, 0.717) is 25.9 Å². The number of carbonyl (C=O) groups is 1. The molecule has 2 atom stereocenters. The number of aryl methyl sites for hydroxylation is 2. The van der Waals surface area contributed by atoms with Gasteiger partial charge in [0, 0.05) is 6.54 Å². The Labute approximate surface area is 171 Å². The molecule has 2 aromatic carbocycles. The third kappa shape index (κ3) is 4.68. The lowest BCUT2D eigenvalue weighted by Crippen LogP contribution is -2.52. The monoisotopic (exact) mass is 395 g/mol. The Morgan fingerprint density at radius 2 is 1.83 bits per heavy atom. The van der Waals surface area contributed by atoms with Crippen LogP contribution < -0.4 is 17.2 Å². The molecule has 7 nitrogen and oxygen atoms in total. The second-order valence-corrected chi connectivity index (χ2v) is 7.73. The van der Waals surface area contributed by atoms with Crippen molar-refractivity contribution in [1.29, 1.82) is 0 Å². The van der Waals surface area contributed by atoms with Crippen LogP contribution in [0.2, 0.25) is 0 Å². The zero-order chi connectivity index (χ0) is 21.1. The summed E-state index contributed by atoms with van der Waals surface area (Å²) in [6, 6.07) is 10.6. The molecule has 0 saturated heterocycles. The van der Waals surface area contributed by atoms with Gasteiger partial charge in [0.1, 0.15) is 5.75 Å². The molecule has 7 heteroatoms. The average Bonchev–Trinajstić information content (AvgIpc) is 2.67. The summed E-state index contributed by atoms with van der Waals surface area (Å²) in [6.07, 6.45) is 1.09. The van der Waals surface area contributed by atoms with Gasteiger partial charge in [-0.25, -0.2) is 0 Å². The summed E-state index contributed by atoms with van der Waals surface area (Å²) < 4.78 is 0. The molecular formula is C22H29N5O2. The van der Waals surface area contributed by atoms with E-state index in [1.54, 1.807) is 17.0 Å². The largest absolute Gasteiger partial charge is 0.508 e. The molecule has 29 heavy (non-hydrogen) atoms. The number of fused-ring (bicyclic) bond motifs is 1. The highest BCUT2D eigenvalue weighted by atomic mass is 16.3. The van der Waals surface area contributed by atoms with Gasteiger partial charge in [-0.3, -0.25) is 9.79 Å². The van der Waals surface area contributed by atoms with E-state index >= 15 is 0 Å². The normalized spacial score (nSPS) is 16.8. The molecule has 3 rings (SSSR count). The van der Waals surface area contributed by atoms with Crippen molar-refractivity contribution in [2.45, 2.75) is 45.3 Å². The molecule has 0 aromatic heterocycles. The fourth-order valence-electron chi connectivity index (χ4n) is 4.03. The molecule has 2 aromatic rings. The smallest absolute Gasteiger partial charge is 0.240 e. The predicted molar refractivity (Wildman–Crippen MR) is 114 cm³/mol. The molecule has 154 valence electrons. The first kappa shape index (κ1) is 20.7. The second-order valence-electron chi connectivity index (χ2n) is 7.73. The van der Waals surface area contributed by atoms with Gasteiger partial charge >= 0.3 is 0 Å². The first-order chi connectivity index (χ1) is 13.8. The Morgan fingerprint density at radius 1 is 1.21 bits per heavy atom. The van der Waals surface area contributed by atoms with E-state index < -0.39 is 6.04 Å². The molecule has 0 fully saturated rings. The molecule has 0 radical (unpaired) electrons. The highest BCUT2D eigenvalue weighted by Gasteiger charge is 2.32. The number of hydrogen-bond acceptors (Lipinski definition) is 4. The van der Waals surface area contributed by atoms with Crippen LogP contribution in [0.1, 0.15) is 27.8 Å². The quantitative estimate of drug-likeness (QED) is 0.445. The fraction of sp³-hybridized carbons (Fsp3) is 0.364. The summed E-state index contributed by atoms with van der Waals surface area (Å²) in [4.78, 5) is 19.2. The van der Waals surface area contributed by atoms with Gasteiger partial charge in [0.05, 0.1) is 18.6 Å². The Bertz CT molecular complexity index is 914. The Hall–Kier alpha value is -3.06. The van der Waals surface area contributed by atoms with Crippen molar-refractivity contribution in [2.75, 3.05) is 6.54 Å². The number of hydrogen-bond donors (Lipinski definition) is 4. The van der Waals surface area contributed by atoms with Crippen molar-refractivity contribution in [1.82, 2.24) is 4.90 Å². The molecule has 1 amide bonds. The van der Waals surface area contributed by atoms with Crippen molar-refractivity contribution in [2.24, 2.45) is 22.2 Å². The van der Waals surface area contributed by atoms with Crippen LogP contribution >= 0.6 is 0 Å². The van der Waals surface area contributed by atoms with E-state index in [1.165, 1.54) is 5.56 Å². The minimum absolute atomic E-state index is 0.0101. The number of nitrogens with zero attached hydrogens (tertiary/aromatic N) is 2. The van der Waals surface area contributed by atoms with Gasteiger partial charge in [-0.05, 0) is 66.6 Å². The van der Waals surface area contributed by atoms with E-state index in [9.17, 15) is 9.90 Å². The third-order valence-corrected chi connectivity index (χ3v) is 5.55. The van der Waals surface area contributed by atoms with Crippen molar-refractivity contribution < 1.29 is 9.90 Å². The topological polar surface area (TPSA) is 131 Å². The minimum atomic E-state index is -0.691. The number of guanidine groups is 1. The van der Waals surface area contributed by atoms with E-state index in [2.05, 4.69) is 11.1 Å². The van der Waals surface area contributed by atoms with Gasteiger partial charge in [-0.2, -0.15) is 0 Å². The summed E-state index contributed by atoms with van der Waals surface area (Å²) in [6.45, 7) is 4.66. The standard InChI is InChI=1S/C22H29N5O2/c1-13-7-18(28)8-14(2)19(13)10-20(23)21(29)27-12-16-6-4-3-5-15(16)9-17(27)11-26-22(24)25/h3-8,17,20,28H,9-12,23H2,1-2H3,(H4,24,25,26)/t17-,20-/m0/s1. The molecule has 1 aliphatic rings. The number of rotatable bonds is 5. The Morgan fingerprint density at radius 3 is 2.45 bits per heavy atom. The highest BCUT2D eigenvalue weighted by molar-refractivity contribution is 5.83. The van der Waals surface area contributed by atoms with Crippen LogP contribution in [0.5, 0.6) is 5.75 Å². The number of amides is 1. The highest BCUT2D eigenvalue weighted by Crippen LogP contribution is 2.26. The number of nitrogens with two attached hydrogens (primary N) is 3. The third-order valence-electron chi connectivity index (χ3n) is 5.55. The van der Waals surface area contributed by atoms with Gasteiger partial charge < -0.3 is 27.2 Å². The van der Waals surface area contributed by atoms with Crippen molar-refractivity contribution >= 4 is 11.9 Å². The minimum Gasteiger partial charge on any atom is -0.508 e. The molecular weight excluding hydrogens is 366 g/mol. The van der Waals surface area contributed by atoms with Gasteiger partial charge in [-0.1, -0.05) is 24.3 Å². The molecule has 1 heterocycles. The van der Waals surface area contributed by atoms with Crippen LogP contribution in [0.4, 0.5) is 0 Å². The molecule has 0 bridgehead atoms. The Balaban J connectivity index is 1.83. The van der Waals surface area contributed by atoms with E-state index in [0.717, 1.165) is 22.3 Å². The number of aromatic hydroxyl groups is 1. The van der Waals surface area contributed by atoms with Crippen molar-refractivity contribution in [3.63, 3.8) is 0 Å². The van der Waals surface area contributed by atoms with Gasteiger partial charge in [0.2, 0.25) is 5.91 Å². The Kier molecular flexibility index (Phi) is 6.08. The number of carbonyl (C=O) groups excluding carboxylic acids is 1. The zero-order valence-corrected chi connectivity index (χ0v) is 16.9. The zero-order valence-electron chi connectivity index (χ0n) is 16.9. The van der Waals surface area contributed by atoms with E-state index in [1.807, 2.05) is 32.0 Å². The van der Waals surface area contributed by atoms with Crippen LogP contribution in [0.25, 0.3) is 0 Å². The van der Waals surface area contributed by atoms with Gasteiger partial charge in [0.15, 0.2) is 5.96 Å². The summed E-state index contributed by atoms with van der Waals surface area (Å²) in [7, 11) is 0. The van der Waals surface area contributed by atoms with E-state index in [-0.39, 0.29) is 23.7 Å². The van der Waals surface area contributed by atoms with Gasteiger partial charge in [-0.15, -0.1) is 0 Å². The second kappa shape index (κ2) is 8.53. The van der Waals surface area contributed by atoms with Crippen LogP contribution in [0.15, 0.2) is 41.4 Å². The van der Waals surface area contributed by atoms with Crippen LogP contribution in [0.3, 0.4) is 0 Å². The van der Waals surface area contributed by atoms with Crippen LogP contribution in [-0.2, 0) is 24.2 Å². The molecule has 1 aliphatic heterocycles. The number of phenols is 1. The molecule has 0 unspecified atom stereocenters. The molecule has 0 aliphatic carbocycles.